The van der Waals surface area contributed by atoms with Crippen molar-refractivity contribution < 1.29 is 9.63 Å². The molecule has 2 aromatic rings. The van der Waals surface area contributed by atoms with Crippen molar-refractivity contribution in [3.63, 3.8) is 0 Å². The Labute approximate surface area is 129 Å². The van der Waals surface area contributed by atoms with Gasteiger partial charge < -0.3 is 5.32 Å². The number of hydrogen-bond acceptors (Lipinski definition) is 5. The quantitative estimate of drug-likeness (QED) is 0.879. The molecule has 1 aliphatic rings. The van der Waals surface area contributed by atoms with Crippen LogP contribution in [-0.2, 0) is 4.84 Å². The number of anilines is 1. The molecule has 1 aliphatic carbocycles. The van der Waals surface area contributed by atoms with Gasteiger partial charge in [-0.3, -0.25) is 14.6 Å². The number of nitrogens with one attached hydrogen (secondary N) is 1. The Hall–Kier alpha value is -2.21. The molecule has 0 radical (unpaired) electrons. The maximum Gasteiger partial charge on any atom is 0.295 e. The van der Waals surface area contributed by atoms with Crippen LogP contribution in [0.4, 0.5) is 5.82 Å². The minimum atomic E-state index is -0.275. The van der Waals surface area contributed by atoms with Gasteiger partial charge in [0.05, 0.1) is 7.11 Å². The zero-order chi connectivity index (χ0) is 15.5. The molecule has 0 aliphatic heterocycles. The molecule has 0 aromatic carbocycles. The normalized spacial score (nSPS) is 15.2. The first-order chi connectivity index (χ1) is 10.7. The lowest BCUT2D eigenvalue weighted by Gasteiger charge is -2.17. The fraction of sp³-hybridized carbons (Fsp3) is 0.438. The number of carbonyl (C=O) groups is 1. The molecule has 0 spiro atoms. The third-order valence-electron chi connectivity index (χ3n) is 4.06. The molecule has 1 amide bonds. The lowest BCUT2D eigenvalue weighted by molar-refractivity contribution is -0.0760. The lowest BCUT2D eigenvalue weighted by atomic mass is 10.2. The van der Waals surface area contributed by atoms with Crippen LogP contribution in [-0.4, -0.2) is 41.1 Å². The van der Waals surface area contributed by atoms with Crippen LogP contribution >= 0.6 is 0 Å². The van der Waals surface area contributed by atoms with Crippen molar-refractivity contribution in [3.8, 4) is 0 Å². The predicted molar refractivity (Wildman–Crippen MR) is 84.5 cm³/mol. The molecule has 0 unspecified atom stereocenters. The molecule has 6 heteroatoms. The molecular formula is C16H20N4O2. The summed E-state index contributed by atoms with van der Waals surface area (Å²) < 4.78 is 0. The Morgan fingerprint density at radius 1 is 1.41 bits per heavy atom. The van der Waals surface area contributed by atoms with Gasteiger partial charge in [0.25, 0.3) is 5.91 Å². The molecule has 116 valence electrons. The number of rotatable bonds is 4. The Bertz CT molecular complexity index is 683. The van der Waals surface area contributed by atoms with E-state index in [-0.39, 0.29) is 5.91 Å². The maximum atomic E-state index is 12.3. The van der Waals surface area contributed by atoms with Crippen molar-refractivity contribution in [1.29, 1.82) is 0 Å². The number of hydroxylamine groups is 2. The van der Waals surface area contributed by atoms with Crippen molar-refractivity contribution in [2.75, 3.05) is 19.5 Å². The van der Waals surface area contributed by atoms with E-state index in [1.807, 2.05) is 12.1 Å². The van der Waals surface area contributed by atoms with Gasteiger partial charge in [0.15, 0.2) is 5.82 Å². The van der Waals surface area contributed by atoms with Crippen LogP contribution < -0.4 is 5.32 Å². The number of hydrogen-bond donors (Lipinski definition) is 1. The zero-order valence-electron chi connectivity index (χ0n) is 12.9. The molecular weight excluding hydrogens is 280 g/mol. The summed E-state index contributed by atoms with van der Waals surface area (Å²) in [6, 6.07) is 5.95. The Kier molecular flexibility index (Phi) is 4.20. The average Bonchev–Trinajstić information content (AvgIpc) is 3.06. The summed E-state index contributed by atoms with van der Waals surface area (Å²) in [6.07, 6.45) is 6.47. The molecule has 0 atom stereocenters. The Morgan fingerprint density at radius 3 is 2.91 bits per heavy atom. The van der Waals surface area contributed by atoms with Gasteiger partial charge in [-0.1, -0.05) is 18.9 Å². The lowest BCUT2D eigenvalue weighted by Crippen LogP contribution is -2.27. The summed E-state index contributed by atoms with van der Waals surface area (Å²) in [7, 11) is 3.03. The fourth-order valence-corrected chi connectivity index (χ4v) is 2.80. The number of pyridine rings is 2. The molecule has 2 heterocycles. The molecule has 1 saturated carbocycles. The third-order valence-corrected chi connectivity index (χ3v) is 4.06. The number of aromatic nitrogens is 2. The summed E-state index contributed by atoms with van der Waals surface area (Å²) in [5, 5.41) is 5.52. The van der Waals surface area contributed by atoms with Gasteiger partial charge in [-0.05, 0) is 25.0 Å². The number of fused-ring (bicyclic) bond motifs is 1. The van der Waals surface area contributed by atoms with Crippen LogP contribution in [0.25, 0.3) is 10.9 Å². The molecule has 2 aromatic heterocycles. The monoisotopic (exact) mass is 300 g/mol. The average molecular weight is 300 g/mol. The van der Waals surface area contributed by atoms with Gasteiger partial charge in [0.1, 0.15) is 11.2 Å². The van der Waals surface area contributed by atoms with Crippen molar-refractivity contribution in [3.05, 3.63) is 30.1 Å². The number of nitrogens with zero attached hydrogens (tertiary/aromatic N) is 3. The van der Waals surface area contributed by atoms with Crippen LogP contribution in [0.2, 0.25) is 0 Å². The molecule has 3 rings (SSSR count). The van der Waals surface area contributed by atoms with E-state index < -0.39 is 0 Å². The van der Waals surface area contributed by atoms with Gasteiger partial charge in [-0.25, -0.2) is 10.0 Å². The van der Waals surface area contributed by atoms with Gasteiger partial charge in [0.2, 0.25) is 0 Å². The highest BCUT2D eigenvalue weighted by molar-refractivity contribution is 5.98. The minimum Gasteiger partial charge on any atom is -0.366 e. The second-order valence-corrected chi connectivity index (χ2v) is 5.54. The summed E-state index contributed by atoms with van der Waals surface area (Å²) in [5.74, 6) is 0.403. The van der Waals surface area contributed by atoms with Crippen LogP contribution in [0, 0.1) is 0 Å². The highest BCUT2D eigenvalue weighted by Crippen LogP contribution is 2.26. The van der Waals surface area contributed by atoms with E-state index in [2.05, 4.69) is 15.3 Å². The van der Waals surface area contributed by atoms with Crippen molar-refractivity contribution in [1.82, 2.24) is 15.0 Å². The van der Waals surface area contributed by atoms with Crippen LogP contribution in [0.3, 0.4) is 0 Å². The highest BCUT2D eigenvalue weighted by Gasteiger charge is 2.20. The second kappa shape index (κ2) is 6.27. The second-order valence-electron chi connectivity index (χ2n) is 5.54. The van der Waals surface area contributed by atoms with Gasteiger partial charge in [0, 0.05) is 24.7 Å². The Morgan fingerprint density at radius 2 is 2.18 bits per heavy atom. The first-order valence-electron chi connectivity index (χ1n) is 7.53. The van der Waals surface area contributed by atoms with Gasteiger partial charge in [-0.2, -0.15) is 0 Å². The maximum absolute atomic E-state index is 12.3. The number of amides is 1. The van der Waals surface area contributed by atoms with Crippen LogP contribution in [0.5, 0.6) is 0 Å². The van der Waals surface area contributed by atoms with Crippen LogP contribution in [0.15, 0.2) is 24.4 Å². The highest BCUT2D eigenvalue weighted by atomic mass is 16.7. The van der Waals surface area contributed by atoms with E-state index in [0.29, 0.717) is 17.6 Å². The van der Waals surface area contributed by atoms with E-state index in [4.69, 9.17) is 4.84 Å². The smallest absolute Gasteiger partial charge is 0.295 e. The zero-order valence-corrected chi connectivity index (χ0v) is 12.9. The van der Waals surface area contributed by atoms with Crippen molar-refractivity contribution in [2.45, 2.75) is 31.7 Å². The third kappa shape index (κ3) is 2.87. The van der Waals surface area contributed by atoms with E-state index in [0.717, 1.165) is 23.7 Å². The predicted octanol–water partition coefficient (Wildman–Crippen LogP) is 2.62. The molecule has 0 bridgehead atoms. The molecule has 1 fully saturated rings. The van der Waals surface area contributed by atoms with Gasteiger partial charge >= 0.3 is 0 Å². The first-order valence-corrected chi connectivity index (χ1v) is 7.53. The molecule has 1 N–H and O–H groups in total. The van der Waals surface area contributed by atoms with Crippen molar-refractivity contribution >= 4 is 22.6 Å². The standard InChI is InChI=1S/C16H20N4O2/c1-20(22-2)16(21)13-10-11-6-5-9-17-14(11)15(19-13)18-12-7-3-4-8-12/h5-6,9-10,12H,3-4,7-8H2,1-2H3,(H,18,19). The fourth-order valence-electron chi connectivity index (χ4n) is 2.80. The van der Waals surface area contributed by atoms with E-state index in [1.54, 1.807) is 19.3 Å². The Balaban J connectivity index is 2.01. The number of carbonyl (C=O) groups excluding carboxylic acids is 1. The van der Waals surface area contributed by atoms with Crippen LogP contribution in [0.1, 0.15) is 36.2 Å². The summed E-state index contributed by atoms with van der Waals surface area (Å²) >= 11 is 0. The summed E-state index contributed by atoms with van der Waals surface area (Å²) in [4.78, 5) is 26.2. The van der Waals surface area contributed by atoms with Gasteiger partial charge in [-0.15, -0.1) is 0 Å². The van der Waals surface area contributed by atoms with E-state index >= 15 is 0 Å². The summed E-state index contributed by atoms with van der Waals surface area (Å²) in [6.45, 7) is 0. The van der Waals surface area contributed by atoms with Crippen molar-refractivity contribution in [2.24, 2.45) is 0 Å². The first kappa shape index (κ1) is 14.7. The summed E-state index contributed by atoms with van der Waals surface area (Å²) in [5.41, 5.74) is 1.15. The molecule has 6 nitrogen and oxygen atoms in total. The van der Waals surface area contributed by atoms with E-state index in [9.17, 15) is 4.79 Å². The SMILES string of the molecule is CON(C)C(=O)c1cc2cccnc2c(NC2CCCC2)n1. The largest absolute Gasteiger partial charge is 0.366 e. The molecule has 22 heavy (non-hydrogen) atoms. The molecule has 0 saturated heterocycles. The minimum absolute atomic E-state index is 0.275. The van der Waals surface area contributed by atoms with E-state index in [1.165, 1.54) is 25.0 Å². The topological polar surface area (TPSA) is 67.3 Å².